The molecule has 0 saturated carbocycles. The van der Waals surface area contributed by atoms with Crippen LogP contribution in [0.5, 0.6) is 0 Å². The van der Waals surface area contributed by atoms with Gasteiger partial charge in [0.25, 0.3) is 0 Å². The van der Waals surface area contributed by atoms with Crippen molar-refractivity contribution in [2.45, 2.75) is 11.3 Å². The van der Waals surface area contributed by atoms with Crippen molar-refractivity contribution >= 4 is 39.9 Å². The lowest BCUT2D eigenvalue weighted by Gasteiger charge is -2.34. The maximum Gasteiger partial charge on any atom is 0.243 e. The molecule has 1 aliphatic rings. The molecule has 1 amide bonds. The summed E-state index contributed by atoms with van der Waals surface area (Å²) in [7, 11) is -3.56. The van der Waals surface area contributed by atoms with Crippen molar-refractivity contribution in [2.75, 3.05) is 32.7 Å². The van der Waals surface area contributed by atoms with Crippen molar-refractivity contribution in [3.63, 3.8) is 0 Å². The molecule has 124 valence electrons. The van der Waals surface area contributed by atoms with E-state index < -0.39 is 10.0 Å². The van der Waals surface area contributed by atoms with Gasteiger partial charge >= 0.3 is 0 Å². The zero-order chi connectivity index (χ0) is 15.5. The summed E-state index contributed by atoms with van der Waals surface area (Å²) in [5, 5.41) is 0.382. The second kappa shape index (κ2) is 8.12. The fourth-order valence-corrected chi connectivity index (χ4v) is 3.96. The Balaban J connectivity index is 0.00000242. The molecular weight excluding hydrogens is 349 g/mol. The highest BCUT2D eigenvalue weighted by molar-refractivity contribution is 7.89. The van der Waals surface area contributed by atoms with Crippen LogP contribution < -0.4 is 5.73 Å². The number of halogens is 2. The minimum absolute atomic E-state index is 0. The largest absolute Gasteiger partial charge is 0.340 e. The molecule has 2 rings (SSSR count). The van der Waals surface area contributed by atoms with E-state index in [1.54, 1.807) is 17.0 Å². The maximum atomic E-state index is 12.5. The van der Waals surface area contributed by atoms with Crippen molar-refractivity contribution in [2.24, 2.45) is 5.73 Å². The van der Waals surface area contributed by atoms with E-state index in [4.69, 9.17) is 17.3 Å². The molecule has 1 saturated heterocycles. The molecule has 1 aromatic rings. The van der Waals surface area contributed by atoms with Gasteiger partial charge < -0.3 is 10.6 Å². The highest BCUT2D eigenvalue weighted by Crippen LogP contribution is 2.20. The lowest BCUT2D eigenvalue weighted by Crippen LogP contribution is -2.50. The SMILES string of the molecule is Cl.NCCC(=O)N1CCN(S(=O)(=O)c2cccc(Cl)c2)CC1. The van der Waals surface area contributed by atoms with E-state index in [1.165, 1.54) is 16.4 Å². The number of benzene rings is 1. The smallest absolute Gasteiger partial charge is 0.243 e. The van der Waals surface area contributed by atoms with Crippen molar-refractivity contribution in [3.05, 3.63) is 29.3 Å². The fourth-order valence-electron chi connectivity index (χ4n) is 2.24. The van der Waals surface area contributed by atoms with Gasteiger partial charge in [-0.3, -0.25) is 4.79 Å². The first-order valence-corrected chi connectivity index (χ1v) is 8.50. The van der Waals surface area contributed by atoms with Crippen molar-refractivity contribution in [1.29, 1.82) is 0 Å². The summed E-state index contributed by atoms with van der Waals surface area (Å²) in [5.74, 6) is -0.0303. The molecule has 0 radical (unpaired) electrons. The minimum atomic E-state index is -3.56. The molecule has 1 heterocycles. The molecule has 9 heteroatoms. The van der Waals surface area contributed by atoms with Gasteiger partial charge in [-0.25, -0.2) is 8.42 Å². The van der Waals surface area contributed by atoms with Crippen molar-refractivity contribution < 1.29 is 13.2 Å². The molecule has 0 bridgehead atoms. The highest BCUT2D eigenvalue weighted by Gasteiger charge is 2.29. The van der Waals surface area contributed by atoms with Gasteiger partial charge in [0.05, 0.1) is 4.90 Å². The Bertz CT molecular complexity index is 617. The van der Waals surface area contributed by atoms with E-state index in [0.717, 1.165) is 0 Å². The Kier molecular flexibility index (Phi) is 7.08. The number of nitrogens with two attached hydrogens (primary N) is 1. The summed E-state index contributed by atoms with van der Waals surface area (Å²) < 4.78 is 26.4. The summed E-state index contributed by atoms with van der Waals surface area (Å²) in [6, 6.07) is 6.19. The van der Waals surface area contributed by atoms with Crippen molar-refractivity contribution in [1.82, 2.24) is 9.21 Å². The average molecular weight is 368 g/mol. The van der Waals surface area contributed by atoms with Crippen molar-refractivity contribution in [3.8, 4) is 0 Å². The first-order chi connectivity index (χ1) is 9.95. The Morgan fingerprint density at radius 2 is 1.86 bits per heavy atom. The topological polar surface area (TPSA) is 83.7 Å². The molecule has 1 fully saturated rings. The lowest BCUT2D eigenvalue weighted by atomic mass is 10.3. The van der Waals surface area contributed by atoms with Gasteiger partial charge in [0.1, 0.15) is 0 Å². The van der Waals surface area contributed by atoms with Gasteiger partial charge in [0, 0.05) is 44.2 Å². The van der Waals surface area contributed by atoms with Crippen LogP contribution in [0.2, 0.25) is 5.02 Å². The number of carbonyl (C=O) groups excluding carboxylic acids is 1. The summed E-state index contributed by atoms with van der Waals surface area (Å²) in [4.78, 5) is 13.6. The number of amides is 1. The summed E-state index contributed by atoms with van der Waals surface area (Å²) >= 11 is 5.84. The zero-order valence-electron chi connectivity index (χ0n) is 11.9. The van der Waals surface area contributed by atoms with Crippen LogP contribution in [0.25, 0.3) is 0 Å². The minimum Gasteiger partial charge on any atom is -0.340 e. The lowest BCUT2D eigenvalue weighted by molar-refractivity contribution is -0.132. The van der Waals surface area contributed by atoms with Gasteiger partial charge in [-0.1, -0.05) is 17.7 Å². The van der Waals surface area contributed by atoms with E-state index in [9.17, 15) is 13.2 Å². The molecule has 1 aromatic carbocycles. The van der Waals surface area contributed by atoms with Crippen LogP contribution in [0.4, 0.5) is 0 Å². The Morgan fingerprint density at radius 3 is 2.41 bits per heavy atom. The summed E-state index contributed by atoms with van der Waals surface area (Å²) in [5.41, 5.74) is 5.36. The zero-order valence-corrected chi connectivity index (χ0v) is 14.3. The molecule has 0 aliphatic carbocycles. The number of nitrogens with zero attached hydrogens (tertiary/aromatic N) is 2. The van der Waals surface area contributed by atoms with Crippen LogP contribution in [0.1, 0.15) is 6.42 Å². The first-order valence-electron chi connectivity index (χ1n) is 6.68. The quantitative estimate of drug-likeness (QED) is 0.858. The predicted molar refractivity (Wildman–Crippen MR) is 87.7 cm³/mol. The van der Waals surface area contributed by atoms with Crippen LogP contribution in [0.3, 0.4) is 0 Å². The summed E-state index contributed by atoms with van der Waals surface area (Å²) in [6.07, 6.45) is 0.293. The molecular formula is C13H19Cl2N3O3S. The number of carbonyl (C=O) groups is 1. The standard InChI is InChI=1S/C13H18ClN3O3S.ClH/c14-11-2-1-3-12(10-11)21(19,20)17-8-6-16(7-9-17)13(18)4-5-15;/h1-3,10H,4-9,15H2;1H. The number of piperazine rings is 1. The maximum absolute atomic E-state index is 12.5. The second-order valence-corrected chi connectivity index (χ2v) is 7.16. The number of hydrogen-bond acceptors (Lipinski definition) is 4. The van der Waals surface area contributed by atoms with E-state index in [1.807, 2.05) is 0 Å². The highest BCUT2D eigenvalue weighted by atomic mass is 35.5. The molecule has 6 nitrogen and oxygen atoms in total. The van der Waals surface area contributed by atoms with Gasteiger partial charge in [-0.2, -0.15) is 4.31 Å². The first kappa shape index (κ1) is 19.2. The Morgan fingerprint density at radius 1 is 1.23 bits per heavy atom. The molecule has 1 aliphatic heterocycles. The Hall–Kier alpha value is -0.860. The van der Waals surface area contributed by atoms with E-state index in [0.29, 0.717) is 31.1 Å². The third kappa shape index (κ3) is 4.33. The third-order valence-corrected chi connectivity index (χ3v) is 5.51. The third-order valence-electron chi connectivity index (χ3n) is 3.38. The average Bonchev–Trinajstić information content (AvgIpc) is 2.47. The van der Waals surface area contributed by atoms with Crippen LogP contribution in [-0.2, 0) is 14.8 Å². The predicted octanol–water partition coefficient (Wildman–Crippen LogP) is 0.944. The van der Waals surface area contributed by atoms with E-state index >= 15 is 0 Å². The van der Waals surface area contributed by atoms with Gasteiger partial charge in [-0.05, 0) is 18.2 Å². The monoisotopic (exact) mass is 367 g/mol. The second-order valence-electron chi connectivity index (χ2n) is 4.78. The van der Waals surface area contributed by atoms with Gasteiger partial charge in [-0.15, -0.1) is 12.4 Å². The summed E-state index contributed by atoms with van der Waals surface area (Å²) in [6.45, 7) is 1.65. The van der Waals surface area contributed by atoms with Crippen LogP contribution >= 0.6 is 24.0 Å². The molecule has 2 N–H and O–H groups in total. The molecule has 0 aromatic heterocycles. The van der Waals surface area contributed by atoms with Gasteiger partial charge in [0.15, 0.2) is 0 Å². The molecule has 0 unspecified atom stereocenters. The van der Waals surface area contributed by atoms with Crippen LogP contribution in [-0.4, -0.2) is 56.3 Å². The van der Waals surface area contributed by atoms with Gasteiger partial charge in [0.2, 0.25) is 15.9 Å². The van der Waals surface area contributed by atoms with E-state index in [-0.39, 0.29) is 36.3 Å². The number of rotatable bonds is 4. The van der Waals surface area contributed by atoms with E-state index in [2.05, 4.69) is 0 Å². The Labute approximate surface area is 141 Å². The number of hydrogen-bond donors (Lipinski definition) is 1. The van der Waals surface area contributed by atoms with Crippen LogP contribution in [0, 0.1) is 0 Å². The molecule has 0 spiro atoms. The molecule has 0 atom stereocenters. The number of sulfonamides is 1. The van der Waals surface area contributed by atoms with Crippen LogP contribution in [0.15, 0.2) is 29.2 Å². The molecule has 22 heavy (non-hydrogen) atoms. The fraction of sp³-hybridized carbons (Fsp3) is 0.462. The normalized spacial score (nSPS) is 16.2.